The van der Waals surface area contributed by atoms with Crippen molar-refractivity contribution in [3.05, 3.63) is 28.8 Å². The number of nitrogens with zero attached hydrogens (tertiary/aromatic N) is 1. The molecule has 0 fully saturated rings. The summed E-state index contributed by atoms with van der Waals surface area (Å²) in [6, 6.07) is 4.00. The van der Waals surface area contributed by atoms with E-state index in [4.69, 9.17) is 21.4 Å². The molecule has 0 saturated carbocycles. The van der Waals surface area contributed by atoms with Crippen LogP contribution in [0.5, 0.6) is 0 Å². The quantitative estimate of drug-likeness (QED) is 0.758. The van der Waals surface area contributed by atoms with Gasteiger partial charge in [-0.05, 0) is 32.0 Å². The molecule has 1 aromatic carbocycles. The van der Waals surface area contributed by atoms with Crippen LogP contribution in [0.15, 0.2) is 18.2 Å². The van der Waals surface area contributed by atoms with Crippen LogP contribution in [-0.4, -0.2) is 48.3 Å². The van der Waals surface area contributed by atoms with Gasteiger partial charge in [-0.25, -0.2) is 9.59 Å². The molecule has 0 aliphatic carbocycles. The molecule has 2 amide bonds. The number of hydrogen-bond donors (Lipinski definition) is 2. The van der Waals surface area contributed by atoms with Crippen LogP contribution in [0.25, 0.3) is 0 Å². The zero-order valence-corrected chi connectivity index (χ0v) is 12.8. The third kappa shape index (κ3) is 5.24. The van der Waals surface area contributed by atoms with Gasteiger partial charge in [0.05, 0.1) is 17.2 Å². The summed E-state index contributed by atoms with van der Waals surface area (Å²) in [6.45, 7) is 5.85. The summed E-state index contributed by atoms with van der Waals surface area (Å²) >= 11 is 5.86. The van der Waals surface area contributed by atoms with Gasteiger partial charge >= 0.3 is 12.0 Å². The number of likely N-dealkylation sites (N-methyl/N-ethyl adjacent to an activating group) is 1. The van der Waals surface area contributed by atoms with Crippen LogP contribution in [0.4, 0.5) is 10.5 Å². The molecular formula is C14H19ClN2O4. The van der Waals surface area contributed by atoms with E-state index in [1.807, 2.05) is 13.8 Å². The zero-order chi connectivity index (χ0) is 15.8. The van der Waals surface area contributed by atoms with Crippen molar-refractivity contribution in [1.29, 1.82) is 0 Å². The summed E-state index contributed by atoms with van der Waals surface area (Å²) in [5.74, 6) is -1.11. The molecule has 0 bridgehead atoms. The van der Waals surface area contributed by atoms with Crippen molar-refractivity contribution in [1.82, 2.24) is 4.90 Å². The fourth-order valence-corrected chi connectivity index (χ4v) is 1.95. The SMILES string of the molecule is CCOCCN(CC)C(=O)Nc1ccc(C(=O)O)c(Cl)c1. The molecule has 2 N–H and O–H groups in total. The minimum atomic E-state index is -1.11. The topological polar surface area (TPSA) is 78.9 Å². The van der Waals surface area contributed by atoms with Gasteiger partial charge in [0, 0.05) is 25.4 Å². The number of halogens is 1. The Morgan fingerprint density at radius 3 is 2.62 bits per heavy atom. The van der Waals surface area contributed by atoms with Gasteiger partial charge in [0.25, 0.3) is 0 Å². The molecule has 0 atom stereocenters. The van der Waals surface area contributed by atoms with Gasteiger partial charge in [0.15, 0.2) is 0 Å². The van der Waals surface area contributed by atoms with Crippen molar-refractivity contribution in [2.24, 2.45) is 0 Å². The molecule has 0 heterocycles. The highest BCUT2D eigenvalue weighted by atomic mass is 35.5. The fourth-order valence-electron chi connectivity index (χ4n) is 1.69. The molecule has 0 radical (unpaired) electrons. The molecular weight excluding hydrogens is 296 g/mol. The van der Waals surface area contributed by atoms with Crippen molar-refractivity contribution >= 4 is 29.3 Å². The Morgan fingerprint density at radius 1 is 1.38 bits per heavy atom. The molecule has 0 spiro atoms. The highest BCUT2D eigenvalue weighted by Gasteiger charge is 2.13. The lowest BCUT2D eigenvalue weighted by Gasteiger charge is -2.21. The van der Waals surface area contributed by atoms with E-state index in [0.717, 1.165) is 0 Å². The number of carbonyl (C=O) groups is 2. The first-order chi connectivity index (χ1) is 9.99. The van der Waals surface area contributed by atoms with Gasteiger partial charge in [-0.2, -0.15) is 0 Å². The lowest BCUT2D eigenvalue weighted by Crippen LogP contribution is -2.37. The van der Waals surface area contributed by atoms with E-state index in [1.165, 1.54) is 18.2 Å². The Kier molecular flexibility index (Phi) is 6.98. The van der Waals surface area contributed by atoms with Gasteiger partial charge in [-0.15, -0.1) is 0 Å². The highest BCUT2D eigenvalue weighted by molar-refractivity contribution is 6.33. The second-order valence-corrected chi connectivity index (χ2v) is 4.61. The van der Waals surface area contributed by atoms with Gasteiger partial charge in [-0.3, -0.25) is 0 Å². The number of carbonyl (C=O) groups excluding carboxylic acids is 1. The maximum Gasteiger partial charge on any atom is 0.337 e. The first-order valence-corrected chi connectivity index (χ1v) is 7.03. The van der Waals surface area contributed by atoms with Crippen LogP contribution in [-0.2, 0) is 4.74 Å². The number of hydrogen-bond acceptors (Lipinski definition) is 3. The molecule has 0 aliphatic heterocycles. The van der Waals surface area contributed by atoms with E-state index in [9.17, 15) is 9.59 Å². The number of ether oxygens (including phenoxy) is 1. The molecule has 0 unspecified atom stereocenters. The number of carboxylic acids is 1. The summed E-state index contributed by atoms with van der Waals surface area (Å²) in [5, 5.41) is 11.7. The summed E-state index contributed by atoms with van der Waals surface area (Å²) in [7, 11) is 0. The number of amides is 2. The Labute approximate surface area is 128 Å². The minimum Gasteiger partial charge on any atom is -0.478 e. The predicted molar refractivity (Wildman–Crippen MR) is 81.2 cm³/mol. The molecule has 0 saturated heterocycles. The van der Waals surface area contributed by atoms with Gasteiger partial charge in [0.1, 0.15) is 0 Å². The largest absolute Gasteiger partial charge is 0.478 e. The summed E-state index contributed by atoms with van der Waals surface area (Å²) in [4.78, 5) is 24.5. The summed E-state index contributed by atoms with van der Waals surface area (Å²) in [6.07, 6.45) is 0. The maximum atomic E-state index is 12.1. The van der Waals surface area contributed by atoms with Crippen LogP contribution in [0.2, 0.25) is 5.02 Å². The average molecular weight is 315 g/mol. The van der Waals surface area contributed by atoms with E-state index in [-0.39, 0.29) is 16.6 Å². The van der Waals surface area contributed by atoms with E-state index in [0.29, 0.717) is 32.0 Å². The number of nitrogens with one attached hydrogen (secondary N) is 1. The molecule has 6 nitrogen and oxygen atoms in total. The summed E-state index contributed by atoms with van der Waals surface area (Å²) in [5.41, 5.74) is 0.447. The van der Waals surface area contributed by atoms with Crippen molar-refractivity contribution in [3.8, 4) is 0 Å². The van der Waals surface area contributed by atoms with E-state index in [2.05, 4.69) is 5.32 Å². The number of anilines is 1. The molecule has 0 aliphatic rings. The fraction of sp³-hybridized carbons (Fsp3) is 0.429. The lowest BCUT2D eigenvalue weighted by molar-refractivity contribution is 0.0697. The smallest absolute Gasteiger partial charge is 0.337 e. The van der Waals surface area contributed by atoms with Crippen molar-refractivity contribution in [2.45, 2.75) is 13.8 Å². The third-order valence-electron chi connectivity index (χ3n) is 2.83. The number of benzene rings is 1. The normalized spacial score (nSPS) is 10.2. The predicted octanol–water partition coefficient (Wildman–Crippen LogP) is 2.93. The number of rotatable bonds is 7. The third-order valence-corrected chi connectivity index (χ3v) is 3.14. The zero-order valence-electron chi connectivity index (χ0n) is 12.1. The maximum absolute atomic E-state index is 12.1. The first-order valence-electron chi connectivity index (χ1n) is 6.66. The van der Waals surface area contributed by atoms with Crippen LogP contribution < -0.4 is 5.32 Å². The molecule has 1 aromatic rings. The highest BCUT2D eigenvalue weighted by Crippen LogP contribution is 2.21. The number of carboxylic acid groups (broad SMARTS) is 1. The van der Waals surface area contributed by atoms with Crippen molar-refractivity contribution in [2.75, 3.05) is 31.6 Å². The molecule has 21 heavy (non-hydrogen) atoms. The Bertz CT molecular complexity index is 508. The van der Waals surface area contributed by atoms with Gasteiger partial charge < -0.3 is 20.1 Å². The Hall–Kier alpha value is -1.79. The molecule has 1 rings (SSSR count). The lowest BCUT2D eigenvalue weighted by atomic mass is 10.2. The van der Waals surface area contributed by atoms with Crippen LogP contribution in [0.3, 0.4) is 0 Å². The molecule has 116 valence electrons. The van der Waals surface area contributed by atoms with Gasteiger partial charge in [-0.1, -0.05) is 11.6 Å². The first kappa shape index (κ1) is 17.3. The van der Waals surface area contributed by atoms with E-state index < -0.39 is 5.97 Å². The number of urea groups is 1. The monoisotopic (exact) mass is 314 g/mol. The van der Waals surface area contributed by atoms with E-state index in [1.54, 1.807) is 4.90 Å². The summed E-state index contributed by atoms with van der Waals surface area (Å²) < 4.78 is 5.22. The second-order valence-electron chi connectivity index (χ2n) is 4.21. The average Bonchev–Trinajstić information content (AvgIpc) is 2.43. The Balaban J connectivity index is 2.68. The second kappa shape index (κ2) is 8.49. The standard InChI is InChI=1S/C14H19ClN2O4/c1-3-17(7-8-21-4-2)14(20)16-10-5-6-11(13(18)19)12(15)9-10/h5-6,9H,3-4,7-8H2,1-2H3,(H,16,20)(H,18,19). The van der Waals surface area contributed by atoms with E-state index >= 15 is 0 Å². The molecule has 7 heteroatoms. The van der Waals surface area contributed by atoms with Gasteiger partial charge in [0.2, 0.25) is 0 Å². The van der Waals surface area contributed by atoms with Crippen LogP contribution in [0.1, 0.15) is 24.2 Å². The molecule has 0 aromatic heterocycles. The number of aromatic carboxylic acids is 1. The van der Waals surface area contributed by atoms with Crippen LogP contribution in [0, 0.1) is 0 Å². The van der Waals surface area contributed by atoms with Crippen LogP contribution >= 0.6 is 11.6 Å². The van der Waals surface area contributed by atoms with Crippen molar-refractivity contribution in [3.63, 3.8) is 0 Å². The minimum absolute atomic E-state index is 0.00152. The Morgan fingerprint density at radius 2 is 2.10 bits per heavy atom. The van der Waals surface area contributed by atoms with Crippen molar-refractivity contribution < 1.29 is 19.4 Å².